The van der Waals surface area contributed by atoms with Gasteiger partial charge in [0.2, 0.25) is 5.82 Å². The lowest BCUT2D eigenvalue weighted by Gasteiger charge is -2.00. The highest BCUT2D eigenvalue weighted by molar-refractivity contribution is 5.71. The number of para-hydroxylation sites is 1. The number of anilines is 1. The number of nitrogen functional groups attached to an aromatic ring is 1. The monoisotopic (exact) mass is 255 g/mol. The van der Waals surface area contributed by atoms with E-state index >= 15 is 0 Å². The summed E-state index contributed by atoms with van der Waals surface area (Å²) in [4.78, 5) is 4.23. The summed E-state index contributed by atoms with van der Waals surface area (Å²) in [5, 5.41) is 3.87. The predicted octanol–water partition coefficient (Wildman–Crippen LogP) is 3.12. The Morgan fingerprint density at radius 3 is 2.58 bits per heavy atom. The fraction of sp³-hybridized carbons (Fsp3) is 0. The lowest BCUT2D eigenvalue weighted by Crippen LogP contribution is -1.94. The van der Waals surface area contributed by atoms with Gasteiger partial charge in [-0.2, -0.15) is 4.98 Å². The highest BCUT2D eigenvalue weighted by Gasteiger charge is 2.14. The van der Waals surface area contributed by atoms with Gasteiger partial charge >= 0.3 is 0 Å². The maximum absolute atomic E-state index is 13.4. The van der Waals surface area contributed by atoms with Gasteiger partial charge in [0, 0.05) is 5.56 Å². The van der Waals surface area contributed by atoms with E-state index in [9.17, 15) is 4.39 Å². The number of halogens is 1. The van der Waals surface area contributed by atoms with Gasteiger partial charge in [0.15, 0.2) is 0 Å². The number of hydrogen-bond acceptors (Lipinski definition) is 4. The summed E-state index contributed by atoms with van der Waals surface area (Å²) in [7, 11) is 0. The molecule has 0 saturated carbocycles. The molecule has 4 nitrogen and oxygen atoms in total. The second kappa shape index (κ2) is 4.53. The van der Waals surface area contributed by atoms with Crippen LogP contribution in [-0.4, -0.2) is 10.1 Å². The Hall–Kier alpha value is -2.69. The molecule has 19 heavy (non-hydrogen) atoms. The van der Waals surface area contributed by atoms with Crippen LogP contribution in [0.1, 0.15) is 0 Å². The Labute approximate surface area is 108 Å². The molecule has 0 unspecified atom stereocenters. The molecule has 0 atom stereocenters. The maximum atomic E-state index is 13.4. The first-order valence-corrected chi connectivity index (χ1v) is 5.69. The molecule has 0 fully saturated rings. The van der Waals surface area contributed by atoms with E-state index in [1.54, 1.807) is 12.1 Å². The van der Waals surface area contributed by atoms with Crippen LogP contribution in [0.3, 0.4) is 0 Å². The van der Waals surface area contributed by atoms with Crippen molar-refractivity contribution in [3.8, 4) is 22.8 Å². The van der Waals surface area contributed by atoms with E-state index in [-0.39, 0.29) is 11.6 Å². The summed E-state index contributed by atoms with van der Waals surface area (Å²) < 4.78 is 18.5. The number of rotatable bonds is 2. The summed E-state index contributed by atoms with van der Waals surface area (Å²) in [6.45, 7) is 0. The molecule has 0 aliphatic rings. The van der Waals surface area contributed by atoms with Crippen LogP contribution >= 0.6 is 0 Å². The minimum Gasteiger partial charge on any atom is -0.396 e. The van der Waals surface area contributed by atoms with Gasteiger partial charge in [-0.1, -0.05) is 41.6 Å². The quantitative estimate of drug-likeness (QED) is 0.714. The molecule has 1 aromatic heterocycles. The van der Waals surface area contributed by atoms with Gasteiger partial charge in [0.05, 0.1) is 11.3 Å². The average Bonchev–Trinajstić information content (AvgIpc) is 2.92. The molecule has 0 aliphatic heterocycles. The van der Waals surface area contributed by atoms with Gasteiger partial charge in [-0.3, -0.25) is 0 Å². The van der Waals surface area contributed by atoms with Crippen molar-refractivity contribution >= 4 is 5.69 Å². The number of aromatic nitrogens is 2. The molecule has 5 heteroatoms. The third kappa shape index (κ3) is 2.06. The Kier molecular flexibility index (Phi) is 2.72. The summed E-state index contributed by atoms with van der Waals surface area (Å²) in [5.41, 5.74) is 6.89. The van der Waals surface area contributed by atoms with Crippen molar-refractivity contribution in [2.75, 3.05) is 5.73 Å². The number of benzene rings is 2. The Bertz CT molecular complexity index is 710. The second-order valence-corrected chi connectivity index (χ2v) is 3.99. The number of nitrogens with zero attached hydrogens (tertiary/aromatic N) is 2. The van der Waals surface area contributed by atoms with Crippen molar-refractivity contribution in [3.63, 3.8) is 0 Å². The highest BCUT2D eigenvalue weighted by Crippen LogP contribution is 2.28. The summed E-state index contributed by atoms with van der Waals surface area (Å²) in [6.07, 6.45) is 0. The molecule has 0 amide bonds. The first kappa shape index (κ1) is 11.4. The minimum absolute atomic E-state index is 0.00533. The van der Waals surface area contributed by atoms with Crippen LogP contribution < -0.4 is 5.73 Å². The number of nitrogens with two attached hydrogens (primary N) is 1. The molecule has 0 saturated heterocycles. The fourth-order valence-corrected chi connectivity index (χ4v) is 1.76. The van der Waals surface area contributed by atoms with E-state index < -0.39 is 5.82 Å². The van der Waals surface area contributed by atoms with Crippen LogP contribution in [0, 0.1) is 5.82 Å². The third-order valence-corrected chi connectivity index (χ3v) is 2.74. The molecular formula is C14H10FN3O. The number of hydrogen-bond donors (Lipinski definition) is 1. The lowest BCUT2D eigenvalue weighted by atomic mass is 10.1. The standard InChI is InChI=1S/C14H10FN3O/c15-11-8-4-7-10(12(11)16)14-17-13(18-19-14)9-5-2-1-3-6-9/h1-8H,16H2. The van der Waals surface area contributed by atoms with Crippen LogP contribution in [-0.2, 0) is 0 Å². The van der Waals surface area contributed by atoms with E-state index in [0.29, 0.717) is 11.4 Å². The molecule has 2 N–H and O–H groups in total. The highest BCUT2D eigenvalue weighted by atomic mass is 19.1. The largest absolute Gasteiger partial charge is 0.396 e. The van der Waals surface area contributed by atoms with Crippen LogP contribution in [0.5, 0.6) is 0 Å². The van der Waals surface area contributed by atoms with Crippen molar-refractivity contribution in [3.05, 3.63) is 54.3 Å². The second-order valence-electron chi connectivity index (χ2n) is 3.99. The molecule has 0 radical (unpaired) electrons. The molecule has 3 aromatic rings. The summed E-state index contributed by atoms with van der Waals surface area (Å²) >= 11 is 0. The molecule has 94 valence electrons. The van der Waals surface area contributed by atoms with E-state index in [4.69, 9.17) is 10.3 Å². The van der Waals surface area contributed by atoms with Gasteiger partial charge in [0.25, 0.3) is 5.89 Å². The predicted molar refractivity (Wildman–Crippen MR) is 69.5 cm³/mol. The van der Waals surface area contributed by atoms with Gasteiger partial charge in [0.1, 0.15) is 5.82 Å². The summed E-state index contributed by atoms with van der Waals surface area (Å²) in [6, 6.07) is 13.9. The zero-order valence-electron chi connectivity index (χ0n) is 9.88. The van der Waals surface area contributed by atoms with Crippen LogP contribution in [0.25, 0.3) is 22.8 Å². The van der Waals surface area contributed by atoms with E-state index in [2.05, 4.69) is 10.1 Å². The van der Waals surface area contributed by atoms with Crippen LogP contribution in [0.2, 0.25) is 0 Å². The van der Waals surface area contributed by atoms with Crippen LogP contribution in [0.4, 0.5) is 10.1 Å². The van der Waals surface area contributed by atoms with Crippen LogP contribution in [0.15, 0.2) is 53.1 Å². The normalized spacial score (nSPS) is 10.6. The topological polar surface area (TPSA) is 64.9 Å². The van der Waals surface area contributed by atoms with Crippen molar-refractivity contribution in [2.45, 2.75) is 0 Å². The zero-order valence-corrected chi connectivity index (χ0v) is 9.88. The smallest absolute Gasteiger partial charge is 0.260 e. The van der Waals surface area contributed by atoms with Crippen molar-refractivity contribution in [1.29, 1.82) is 0 Å². The van der Waals surface area contributed by atoms with Crippen molar-refractivity contribution < 1.29 is 8.91 Å². The SMILES string of the molecule is Nc1c(F)cccc1-c1nc(-c2ccccc2)no1. The molecule has 1 heterocycles. The Balaban J connectivity index is 2.05. The third-order valence-electron chi connectivity index (χ3n) is 2.74. The van der Waals surface area contributed by atoms with Gasteiger partial charge in [-0.05, 0) is 12.1 Å². The zero-order chi connectivity index (χ0) is 13.2. The van der Waals surface area contributed by atoms with Gasteiger partial charge in [-0.25, -0.2) is 4.39 Å². The first-order valence-electron chi connectivity index (χ1n) is 5.69. The first-order chi connectivity index (χ1) is 9.25. The molecule has 0 bridgehead atoms. The van der Waals surface area contributed by atoms with Gasteiger partial charge < -0.3 is 10.3 Å². The molecule has 0 aliphatic carbocycles. The maximum Gasteiger partial charge on any atom is 0.260 e. The molecule has 2 aromatic carbocycles. The molecule has 3 rings (SSSR count). The molecule has 0 spiro atoms. The van der Waals surface area contributed by atoms with E-state index in [1.165, 1.54) is 6.07 Å². The van der Waals surface area contributed by atoms with Crippen molar-refractivity contribution in [1.82, 2.24) is 10.1 Å². The lowest BCUT2D eigenvalue weighted by molar-refractivity contribution is 0.432. The van der Waals surface area contributed by atoms with Crippen molar-refractivity contribution in [2.24, 2.45) is 0 Å². The summed E-state index contributed by atoms with van der Waals surface area (Å²) in [5.74, 6) is 0.145. The average molecular weight is 255 g/mol. The van der Waals surface area contributed by atoms with E-state index in [1.807, 2.05) is 30.3 Å². The fourth-order valence-electron chi connectivity index (χ4n) is 1.76. The minimum atomic E-state index is -0.503. The van der Waals surface area contributed by atoms with Gasteiger partial charge in [-0.15, -0.1) is 0 Å². The Morgan fingerprint density at radius 1 is 1.00 bits per heavy atom. The Morgan fingerprint density at radius 2 is 1.79 bits per heavy atom. The van der Waals surface area contributed by atoms with E-state index in [0.717, 1.165) is 5.56 Å². The molecular weight excluding hydrogens is 245 g/mol.